The van der Waals surface area contributed by atoms with Crippen molar-refractivity contribution in [2.24, 2.45) is 0 Å². The Kier molecular flexibility index (Phi) is 4.32. The van der Waals surface area contributed by atoms with E-state index in [0.717, 1.165) is 29.7 Å². The van der Waals surface area contributed by atoms with Gasteiger partial charge in [-0.3, -0.25) is 0 Å². The number of halogens is 1. The molecule has 1 aliphatic carbocycles. The van der Waals surface area contributed by atoms with Gasteiger partial charge in [0, 0.05) is 24.3 Å². The third-order valence-electron chi connectivity index (χ3n) is 4.79. The second kappa shape index (κ2) is 6.78. The van der Waals surface area contributed by atoms with Gasteiger partial charge in [0.25, 0.3) is 0 Å². The zero-order valence-electron chi connectivity index (χ0n) is 14.7. The maximum atomic E-state index is 13.6. The molecule has 0 aliphatic heterocycles. The molecule has 0 spiro atoms. The highest BCUT2D eigenvalue weighted by molar-refractivity contribution is 5.46. The van der Waals surface area contributed by atoms with Gasteiger partial charge in [-0.25, -0.2) is 24.3 Å². The molecule has 0 saturated heterocycles. The van der Waals surface area contributed by atoms with Crippen molar-refractivity contribution in [3.8, 4) is 17.4 Å². The molecule has 5 nitrogen and oxygen atoms in total. The normalized spacial score (nSPS) is 18.6. The highest BCUT2D eigenvalue weighted by Gasteiger charge is 2.41. The van der Waals surface area contributed by atoms with Crippen LogP contribution in [0.4, 0.5) is 4.39 Å². The van der Waals surface area contributed by atoms with Crippen molar-refractivity contribution in [3.05, 3.63) is 65.5 Å². The van der Waals surface area contributed by atoms with Gasteiger partial charge in [-0.15, -0.1) is 0 Å². The summed E-state index contributed by atoms with van der Waals surface area (Å²) in [6.45, 7) is 2.08. The highest BCUT2D eigenvalue weighted by atomic mass is 19.1. The predicted molar refractivity (Wildman–Crippen MR) is 95.5 cm³/mol. The van der Waals surface area contributed by atoms with Crippen molar-refractivity contribution in [1.82, 2.24) is 19.9 Å². The lowest BCUT2D eigenvalue weighted by Gasteiger charge is -2.09. The smallest absolute Gasteiger partial charge is 0.197 e. The van der Waals surface area contributed by atoms with E-state index in [1.807, 2.05) is 12.3 Å². The fraction of sp³-hybridized carbons (Fsp3) is 0.300. The third kappa shape index (κ3) is 3.03. The number of ether oxygens (including phenoxy) is 1. The number of aromatic nitrogens is 4. The highest BCUT2D eigenvalue weighted by Crippen LogP contribution is 2.55. The van der Waals surface area contributed by atoms with Gasteiger partial charge >= 0.3 is 0 Å². The molecule has 132 valence electrons. The lowest BCUT2D eigenvalue weighted by molar-refractivity contribution is 0.386. The van der Waals surface area contributed by atoms with Gasteiger partial charge in [-0.2, -0.15) is 0 Å². The van der Waals surface area contributed by atoms with E-state index in [2.05, 4.69) is 26.9 Å². The van der Waals surface area contributed by atoms with Crippen LogP contribution in [0.25, 0.3) is 11.6 Å². The summed E-state index contributed by atoms with van der Waals surface area (Å²) in [5.74, 6) is 1.73. The first-order chi connectivity index (χ1) is 12.7. The largest absolute Gasteiger partial charge is 0.494 e. The van der Waals surface area contributed by atoms with E-state index in [1.54, 1.807) is 24.5 Å². The van der Waals surface area contributed by atoms with Crippen molar-refractivity contribution in [2.45, 2.75) is 31.6 Å². The Morgan fingerprint density at radius 2 is 1.92 bits per heavy atom. The molecule has 0 bridgehead atoms. The molecule has 2 atom stereocenters. The quantitative estimate of drug-likeness (QED) is 0.698. The van der Waals surface area contributed by atoms with E-state index in [0.29, 0.717) is 23.5 Å². The van der Waals surface area contributed by atoms with Crippen molar-refractivity contribution in [1.29, 1.82) is 0 Å². The van der Waals surface area contributed by atoms with Gasteiger partial charge in [0.1, 0.15) is 0 Å². The molecule has 3 aromatic rings. The topological polar surface area (TPSA) is 60.8 Å². The Bertz CT molecular complexity index is 932. The van der Waals surface area contributed by atoms with Crippen LogP contribution in [0, 0.1) is 5.82 Å². The average molecular weight is 350 g/mol. The first-order valence-electron chi connectivity index (χ1n) is 8.68. The molecule has 4 rings (SSSR count). The maximum absolute atomic E-state index is 13.6. The molecule has 1 saturated carbocycles. The molecule has 2 unspecified atom stereocenters. The zero-order valence-corrected chi connectivity index (χ0v) is 14.7. The van der Waals surface area contributed by atoms with Crippen molar-refractivity contribution in [3.63, 3.8) is 0 Å². The van der Waals surface area contributed by atoms with Gasteiger partial charge in [0.2, 0.25) is 0 Å². The van der Waals surface area contributed by atoms with Crippen LogP contribution in [0.2, 0.25) is 0 Å². The number of aryl methyl sites for hydroxylation is 1. The fourth-order valence-corrected chi connectivity index (χ4v) is 3.36. The molecule has 2 aromatic heterocycles. The molecular weight excluding hydrogens is 331 g/mol. The zero-order chi connectivity index (χ0) is 18.1. The van der Waals surface area contributed by atoms with E-state index >= 15 is 0 Å². The predicted octanol–water partition coefficient (Wildman–Crippen LogP) is 3.91. The van der Waals surface area contributed by atoms with Crippen LogP contribution in [0.1, 0.15) is 42.0 Å². The van der Waals surface area contributed by atoms with Crippen molar-refractivity contribution >= 4 is 0 Å². The molecular formula is C20H19FN4O. The van der Waals surface area contributed by atoms with Crippen molar-refractivity contribution in [2.75, 3.05) is 7.11 Å². The first kappa shape index (κ1) is 16.6. The molecule has 0 amide bonds. The van der Waals surface area contributed by atoms with E-state index in [1.165, 1.54) is 13.2 Å². The second-order valence-electron chi connectivity index (χ2n) is 6.36. The van der Waals surface area contributed by atoms with Gasteiger partial charge in [-0.1, -0.05) is 13.0 Å². The standard InChI is InChI=1S/C20H19FN4O/c1-3-17-15(11-24-20(25-17)19-22-7-4-8-23-19)14-10-13(14)12-5-6-16(21)18(9-12)26-2/h4-9,11,13-14H,3,10H2,1-2H3. The Morgan fingerprint density at radius 1 is 1.12 bits per heavy atom. The molecule has 6 heteroatoms. The second-order valence-corrected chi connectivity index (χ2v) is 6.36. The Labute approximate surface area is 151 Å². The molecule has 0 radical (unpaired) electrons. The first-order valence-corrected chi connectivity index (χ1v) is 8.68. The average Bonchev–Trinajstić information content (AvgIpc) is 3.49. The van der Waals surface area contributed by atoms with Crippen LogP contribution in [0.5, 0.6) is 5.75 Å². The van der Waals surface area contributed by atoms with Crippen LogP contribution < -0.4 is 4.74 Å². The minimum atomic E-state index is -0.335. The summed E-state index contributed by atoms with van der Waals surface area (Å²) in [6.07, 6.45) is 7.08. The van der Waals surface area contributed by atoms with Crippen LogP contribution in [0.3, 0.4) is 0 Å². The molecule has 1 aliphatic rings. The molecule has 1 fully saturated rings. The SMILES string of the molecule is CCc1nc(-c2ncccn2)ncc1C1CC1c1ccc(F)c(OC)c1. The summed E-state index contributed by atoms with van der Waals surface area (Å²) >= 11 is 0. The summed E-state index contributed by atoms with van der Waals surface area (Å²) in [5, 5.41) is 0. The summed E-state index contributed by atoms with van der Waals surface area (Å²) in [6, 6.07) is 6.86. The molecule has 26 heavy (non-hydrogen) atoms. The number of rotatable bonds is 5. The summed E-state index contributed by atoms with van der Waals surface area (Å²) in [4.78, 5) is 17.6. The number of hydrogen-bond donors (Lipinski definition) is 0. The Hall–Kier alpha value is -2.89. The Morgan fingerprint density at radius 3 is 2.65 bits per heavy atom. The van der Waals surface area contributed by atoms with Crippen molar-refractivity contribution < 1.29 is 9.13 Å². The van der Waals surface area contributed by atoms with Crippen LogP contribution in [-0.4, -0.2) is 27.0 Å². The molecule has 0 N–H and O–H groups in total. The number of nitrogens with zero attached hydrogens (tertiary/aromatic N) is 4. The fourth-order valence-electron chi connectivity index (χ4n) is 3.36. The number of benzene rings is 1. The minimum absolute atomic E-state index is 0.289. The minimum Gasteiger partial charge on any atom is -0.494 e. The summed E-state index contributed by atoms with van der Waals surface area (Å²) in [7, 11) is 1.49. The number of hydrogen-bond acceptors (Lipinski definition) is 5. The van der Waals surface area contributed by atoms with E-state index < -0.39 is 0 Å². The lowest BCUT2D eigenvalue weighted by atomic mass is 10.0. The van der Waals surface area contributed by atoms with Gasteiger partial charge < -0.3 is 4.74 Å². The molecule has 1 aromatic carbocycles. The van der Waals surface area contributed by atoms with E-state index in [-0.39, 0.29) is 11.6 Å². The van der Waals surface area contributed by atoms with Crippen LogP contribution >= 0.6 is 0 Å². The van der Waals surface area contributed by atoms with E-state index in [9.17, 15) is 4.39 Å². The van der Waals surface area contributed by atoms with Gasteiger partial charge in [0.05, 0.1) is 7.11 Å². The van der Waals surface area contributed by atoms with E-state index in [4.69, 9.17) is 4.74 Å². The number of methoxy groups -OCH3 is 1. The van der Waals surface area contributed by atoms with Crippen LogP contribution in [-0.2, 0) is 6.42 Å². The molecule has 2 heterocycles. The van der Waals surface area contributed by atoms with Crippen LogP contribution in [0.15, 0.2) is 42.9 Å². The summed E-state index contributed by atoms with van der Waals surface area (Å²) < 4.78 is 18.7. The van der Waals surface area contributed by atoms with Gasteiger partial charge in [0.15, 0.2) is 23.2 Å². The third-order valence-corrected chi connectivity index (χ3v) is 4.79. The Balaban J connectivity index is 1.61. The maximum Gasteiger partial charge on any atom is 0.197 e. The summed E-state index contributed by atoms with van der Waals surface area (Å²) in [5.41, 5.74) is 3.26. The van der Waals surface area contributed by atoms with Gasteiger partial charge in [-0.05, 0) is 54.0 Å². The lowest BCUT2D eigenvalue weighted by Crippen LogP contribution is -2.02. The monoisotopic (exact) mass is 350 g/mol.